The monoisotopic (exact) mass is 355 g/mol. The minimum absolute atomic E-state index is 0.00437. The second-order valence-corrected chi connectivity index (χ2v) is 8.72. The van der Waals surface area contributed by atoms with E-state index in [-0.39, 0.29) is 29.6 Å². The highest BCUT2D eigenvalue weighted by atomic mass is 16.5. The highest BCUT2D eigenvalue weighted by Gasteiger charge is 2.44. The number of carboxylic acids is 1. The van der Waals surface area contributed by atoms with Crippen molar-refractivity contribution in [2.45, 2.75) is 109 Å². The van der Waals surface area contributed by atoms with Crippen LogP contribution in [0.2, 0.25) is 0 Å². The van der Waals surface area contributed by atoms with E-state index in [4.69, 9.17) is 9.84 Å². The summed E-state index contributed by atoms with van der Waals surface area (Å²) in [7, 11) is 2.15. The molecule has 0 spiro atoms. The number of nitrogens with zero attached hydrogens (tertiary/aromatic N) is 1. The second-order valence-electron chi connectivity index (χ2n) is 8.72. The Morgan fingerprint density at radius 2 is 1.36 bits per heavy atom. The van der Waals surface area contributed by atoms with Crippen LogP contribution >= 0.6 is 0 Å². The molecular formula is C20H37NO4. The topological polar surface area (TPSA) is 66.8 Å². The van der Waals surface area contributed by atoms with Gasteiger partial charge in [-0.25, -0.2) is 0 Å². The van der Waals surface area contributed by atoms with Gasteiger partial charge in [0.1, 0.15) is 6.10 Å². The predicted octanol–water partition coefficient (Wildman–Crippen LogP) is 4.39. The van der Waals surface area contributed by atoms with Crippen molar-refractivity contribution in [3.05, 3.63) is 0 Å². The number of piperidine rings is 1. The third-order valence-corrected chi connectivity index (χ3v) is 5.59. The van der Waals surface area contributed by atoms with Crippen LogP contribution in [-0.2, 0) is 14.3 Å². The summed E-state index contributed by atoms with van der Waals surface area (Å²) >= 11 is 0. The lowest BCUT2D eigenvalue weighted by Gasteiger charge is -2.53. The molecule has 1 heterocycles. The highest BCUT2D eigenvalue weighted by Crippen LogP contribution is 2.38. The molecule has 1 aliphatic heterocycles. The third kappa shape index (κ3) is 7.76. The van der Waals surface area contributed by atoms with Gasteiger partial charge in [0.25, 0.3) is 0 Å². The van der Waals surface area contributed by atoms with Crippen LogP contribution in [0.25, 0.3) is 0 Å². The van der Waals surface area contributed by atoms with Crippen molar-refractivity contribution in [1.82, 2.24) is 4.90 Å². The first kappa shape index (κ1) is 21.9. The highest BCUT2D eigenvalue weighted by molar-refractivity contribution is 5.69. The smallest absolute Gasteiger partial charge is 0.306 e. The summed E-state index contributed by atoms with van der Waals surface area (Å²) in [4.78, 5) is 24.9. The largest absolute Gasteiger partial charge is 0.481 e. The Morgan fingerprint density at radius 1 is 0.920 bits per heavy atom. The van der Waals surface area contributed by atoms with Crippen molar-refractivity contribution in [2.24, 2.45) is 0 Å². The van der Waals surface area contributed by atoms with Crippen molar-refractivity contribution in [1.29, 1.82) is 0 Å². The molecule has 5 nitrogen and oxygen atoms in total. The Kier molecular flexibility index (Phi) is 8.39. The number of carbonyl (C=O) groups is 2. The number of ether oxygens (including phenoxy) is 1. The van der Waals surface area contributed by atoms with Gasteiger partial charge >= 0.3 is 11.9 Å². The molecule has 0 aromatic heterocycles. The van der Waals surface area contributed by atoms with E-state index in [2.05, 4.69) is 39.6 Å². The fourth-order valence-corrected chi connectivity index (χ4v) is 3.86. The Hall–Kier alpha value is -1.10. The Labute approximate surface area is 153 Å². The quantitative estimate of drug-likeness (QED) is 0.465. The van der Waals surface area contributed by atoms with Gasteiger partial charge < -0.3 is 9.84 Å². The fourth-order valence-electron chi connectivity index (χ4n) is 3.86. The molecule has 0 aromatic carbocycles. The Bertz CT molecular complexity index is 427. The first-order valence-corrected chi connectivity index (χ1v) is 9.70. The number of aliphatic carboxylic acids is 1. The zero-order valence-corrected chi connectivity index (χ0v) is 16.8. The summed E-state index contributed by atoms with van der Waals surface area (Å²) in [6.07, 6.45) is 8.17. The molecule has 1 aliphatic rings. The summed E-state index contributed by atoms with van der Waals surface area (Å²) in [6, 6.07) is 0. The number of rotatable bonds is 10. The summed E-state index contributed by atoms with van der Waals surface area (Å²) in [5.74, 6) is -0.796. The molecule has 0 amide bonds. The van der Waals surface area contributed by atoms with E-state index in [1.54, 1.807) is 0 Å². The molecular weight excluding hydrogens is 318 g/mol. The molecule has 1 saturated heterocycles. The number of unbranched alkanes of at least 4 members (excludes halogenated alkanes) is 5. The summed E-state index contributed by atoms with van der Waals surface area (Å²) in [5.41, 5.74) is 0.0608. The molecule has 1 rings (SSSR count). The van der Waals surface area contributed by atoms with Gasteiger partial charge in [-0.2, -0.15) is 0 Å². The lowest BCUT2D eigenvalue weighted by Crippen LogP contribution is -2.60. The van der Waals surface area contributed by atoms with Gasteiger partial charge in [0.05, 0.1) is 0 Å². The first-order valence-electron chi connectivity index (χ1n) is 9.70. The number of carboxylic acid groups (broad SMARTS) is 1. The van der Waals surface area contributed by atoms with Gasteiger partial charge in [0, 0.05) is 36.8 Å². The van der Waals surface area contributed by atoms with Gasteiger partial charge in [0.15, 0.2) is 0 Å². The molecule has 0 aliphatic carbocycles. The minimum Gasteiger partial charge on any atom is -0.481 e. The molecule has 0 radical (unpaired) electrons. The van der Waals surface area contributed by atoms with E-state index in [1.807, 2.05) is 0 Å². The standard InChI is InChI=1S/C20H37NO4/c1-19(2)14-16(15-20(3,4)21(19)5)25-18(24)13-11-9-7-6-8-10-12-17(22)23/h16H,6-15H2,1-5H3,(H,22,23). The molecule has 5 heteroatoms. The van der Waals surface area contributed by atoms with Gasteiger partial charge in [0.2, 0.25) is 0 Å². The Balaban J connectivity index is 2.19. The zero-order valence-electron chi connectivity index (χ0n) is 16.8. The van der Waals surface area contributed by atoms with Crippen molar-refractivity contribution in [2.75, 3.05) is 7.05 Å². The van der Waals surface area contributed by atoms with Crippen LogP contribution in [-0.4, -0.2) is 46.2 Å². The molecule has 0 unspecified atom stereocenters. The van der Waals surface area contributed by atoms with E-state index in [9.17, 15) is 9.59 Å². The maximum absolute atomic E-state index is 12.1. The summed E-state index contributed by atoms with van der Waals surface area (Å²) in [6.45, 7) is 8.83. The van der Waals surface area contributed by atoms with Gasteiger partial charge in [-0.15, -0.1) is 0 Å². The van der Waals surface area contributed by atoms with E-state index in [0.717, 1.165) is 51.4 Å². The number of carbonyl (C=O) groups excluding carboxylic acids is 1. The molecule has 1 fully saturated rings. The molecule has 25 heavy (non-hydrogen) atoms. The lowest BCUT2D eigenvalue weighted by atomic mass is 9.79. The van der Waals surface area contributed by atoms with Crippen molar-refractivity contribution >= 4 is 11.9 Å². The molecule has 0 bridgehead atoms. The first-order chi connectivity index (χ1) is 11.5. The fraction of sp³-hybridized carbons (Fsp3) is 0.900. The summed E-state index contributed by atoms with van der Waals surface area (Å²) < 4.78 is 5.75. The van der Waals surface area contributed by atoms with Crippen LogP contribution in [0, 0.1) is 0 Å². The Morgan fingerprint density at radius 3 is 1.84 bits per heavy atom. The van der Waals surface area contributed by atoms with Crippen molar-refractivity contribution < 1.29 is 19.4 Å². The molecule has 146 valence electrons. The van der Waals surface area contributed by atoms with E-state index in [1.165, 1.54) is 0 Å². The van der Waals surface area contributed by atoms with Crippen LogP contribution in [0.4, 0.5) is 0 Å². The van der Waals surface area contributed by atoms with Crippen LogP contribution < -0.4 is 0 Å². The number of likely N-dealkylation sites (tertiary alicyclic amines) is 1. The van der Waals surface area contributed by atoms with Gasteiger partial charge in [-0.05, 0) is 47.6 Å². The molecule has 0 atom stereocenters. The normalized spacial score (nSPS) is 20.4. The van der Waals surface area contributed by atoms with Crippen LogP contribution in [0.1, 0.15) is 91.9 Å². The minimum atomic E-state index is -0.719. The van der Waals surface area contributed by atoms with E-state index >= 15 is 0 Å². The number of esters is 1. The second kappa shape index (κ2) is 9.56. The van der Waals surface area contributed by atoms with E-state index in [0.29, 0.717) is 6.42 Å². The van der Waals surface area contributed by atoms with Gasteiger partial charge in [-0.1, -0.05) is 25.7 Å². The average molecular weight is 356 g/mol. The molecule has 1 N–H and O–H groups in total. The third-order valence-electron chi connectivity index (χ3n) is 5.59. The lowest BCUT2D eigenvalue weighted by molar-refractivity contribution is -0.159. The average Bonchev–Trinajstić information content (AvgIpc) is 2.46. The zero-order chi connectivity index (χ0) is 19.1. The number of hydrogen-bond acceptors (Lipinski definition) is 4. The van der Waals surface area contributed by atoms with Crippen LogP contribution in [0.3, 0.4) is 0 Å². The molecule has 0 aromatic rings. The van der Waals surface area contributed by atoms with E-state index < -0.39 is 5.97 Å². The maximum Gasteiger partial charge on any atom is 0.306 e. The SMILES string of the molecule is CN1C(C)(C)CC(OC(=O)CCCCCCCCC(=O)O)CC1(C)C. The molecule has 0 saturated carbocycles. The van der Waals surface area contributed by atoms with Crippen LogP contribution in [0.5, 0.6) is 0 Å². The predicted molar refractivity (Wildman–Crippen MR) is 99.6 cm³/mol. The summed E-state index contributed by atoms with van der Waals surface area (Å²) in [5, 5.41) is 8.58. The number of hydrogen-bond donors (Lipinski definition) is 1. The van der Waals surface area contributed by atoms with Crippen LogP contribution in [0.15, 0.2) is 0 Å². The van der Waals surface area contributed by atoms with Crippen molar-refractivity contribution in [3.8, 4) is 0 Å². The van der Waals surface area contributed by atoms with Gasteiger partial charge in [-0.3, -0.25) is 14.5 Å². The maximum atomic E-state index is 12.1. The van der Waals surface area contributed by atoms with Crippen molar-refractivity contribution in [3.63, 3.8) is 0 Å².